The number of rotatable bonds is 8. The molecule has 156 valence electrons. The highest BCUT2D eigenvalue weighted by Crippen LogP contribution is 2.23. The lowest BCUT2D eigenvalue weighted by Crippen LogP contribution is -2.19. The number of benzene rings is 2. The number of fused-ring (bicyclic) bond motifs is 1. The molecule has 30 heavy (non-hydrogen) atoms. The van der Waals surface area contributed by atoms with Crippen molar-refractivity contribution in [1.82, 2.24) is 4.57 Å². The van der Waals surface area contributed by atoms with Crippen LogP contribution in [0.1, 0.15) is 12.5 Å². The first kappa shape index (κ1) is 21.4. The van der Waals surface area contributed by atoms with Crippen LogP contribution in [0.3, 0.4) is 0 Å². The summed E-state index contributed by atoms with van der Waals surface area (Å²) in [6, 6.07) is 11.7. The van der Waals surface area contributed by atoms with E-state index in [1.165, 1.54) is 29.5 Å². The first-order valence-corrected chi connectivity index (χ1v) is 10.1. The van der Waals surface area contributed by atoms with Crippen molar-refractivity contribution in [2.75, 3.05) is 20.3 Å². The molecule has 0 radical (unpaired) electrons. The summed E-state index contributed by atoms with van der Waals surface area (Å²) in [5, 5.41) is 10.7. The highest BCUT2D eigenvalue weighted by molar-refractivity contribution is 7.16. The van der Waals surface area contributed by atoms with E-state index >= 15 is 0 Å². The van der Waals surface area contributed by atoms with Gasteiger partial charge in [0.25, 0.3) is 11.6 Å². The summed E-state index contributed by atoms with van der Waals surface area (Å²) in [4.78, 5) is 27.5. The Balaban J connectivity index is 1.89. The molecule has 0 atom stereocenters. The number of non-ortho nitro benzene ring substituents is 1. The fourth-order valence-electron chi connectivity index (χ4n) is 2.79. The second-order valence-corrected chi connectivity index (χ2v) is 7.21. The summed E-state index contributed by atoms with van der Waals surface area (Å²) in [6.07, 6.45) is 2.93. The third-order valence-electron chi connectivity index (χ3n) is 4.28. The van der Waals surface area contributed by atoms with Gasteiger partial charge in [0.2, 0.25) is 0 Å². The van der Waals surface area contributed by atoms with Crippen molar-refractivity contribution in [3.63, 3.8) is 0 Å². The normalized spacial score (nSPS) is 12.0. The molecule has 0 bridgehead atoms. The number of ether oxygens (including phenoxy) is 2. The van der Waals surface area contributed by atoms with E-state index in [4.69, 9.17) is 9.47 Å². The molecule has 1 heterocycles. The van der Waals surface area contributed by atoms with Gasteiger partial charge in [-0.15, -0.1) is 0 Å². The van der Waals surface area contributed by atoms with Gasteiger partial charge in [0.05, 0.1) is 28.9 Å². The van der Waals surface area contributed by atoms with Crippen LogP contribution in [0.5, 0.6) is 5.75 Å². The SMILES string of the molecule is CCOCCn1c(=NC(=O)C=Cc2ccc([N+](=O)[O-])cc2)sc2cc(OC)ccc21. The van der Waals surface area contributed by atoms with E-state index in [2.05, 4.69) is 4.99 Å². The Morgan fingerprint density at radius 2 is 2.03 bits per heavy atom. The molecule has 3 rings (SSSR count). The maximum atomic E-state index is 12.4. The molecule has 0 saturated carbocycles. The van der Waals surface area contributed by atoms with Gasteiger partial charge in [-0.25, -0.2) is 0 Å². The minimum Gasteiger partial charge on any atom is -0.497 e. The highest BCUT2D eigenvalue weighted by Gasteiger charge is 2.09. The van der Waals surface area contributed by atoms with Gasteiger partial charge < -0.3 is 14.0 Å². The van der Waals surface area contributed by atoms with Crippen molar-refractivity contribution in [1.29, 1.82) is 0 Å². The zero-order chi connectivity index (χ0) is 21.5. The molecule has 0 unspecified atom stereocenters. The fourth-order valence-corrected chi connectivity index (χ4v) is 3.88. The van der Waals surface area contributed by atoms with Crippen LogP contribution >= 0.6 is 11.3 Å². The van der Waals surface area contributed by atoms with Crippen LogP contribution in [0.4, 0.5) is 5.69 Å². The molecule has 1 aromatic heterocycles. The first-order chi connectivity index (χ1) is 14.5. The molecule has 3 aromatic rings. The predicted molar refractivity (Wildman–Crippen MR) is 116 cm³/mol. The van der Waals surface area contributed by atoms with Crippen LogP contribution in [0.2, 0.25) is 0 Å². The lowest BCUT2D eigenvalue weighted by atomic mass is 10.2. The minimum atomic E-state index is -0.467. The van der Waals surface area contributed by atoms with Gasteiger partial charge in [0.1, 0.15) is 5.75 Å². The molecule has 8 nitrogen and oxygen atoms in total. The number of thiazole rings is 1. The van der Waals surface area contributed by atoms with Crippen LogP contribution in [-0.4, -0.2) is 35.7 Å². The third kappa shape index (κ3) is 5.19. The summed E-state index contributed by atoms with van der Waals surface area (Å²) in [7, 11) is 1.61. The second-order valence-electron chi connectivity index (χ2n) is 6.20. The van der Waals surface area contributed by atoms with Crippen LogP contribution in [-0.2, 0) is 16.1 Å². The van der Waals surface area contributed by atoms with Gasteiger partial charge in [-0.1, -0.05) is 11.3 Å². The standard InChI is InChI=1S/C21H21N3O5S/c1-3-29-13-12-23-18-10-9-17(28-2)14-19(18)30-21(23)22-20(25)11-6-15-4-7-16(8-5-15)24(26)27/h4-11,14H,3,12-13H2,1-2H3. The monoisotopic (exact) mass is 427 g/mol. The quantitative estimate of drug-likeness (QED) is 0.236. The van der Waals surface area contributed by atoms with E-state index in [-0.39, 0.29) is 5.69 Å². The second kappa shape index (κ2) is 9.95. The van der Waals surface area contributed by atoms with Crippen LogP contribution in [0, 0.1) is 10.1 Å². The molecule has 0 spiro atoms. The molecule has 9 heteroatoms. The summed E-state index contributed by atoms with van der Waals surface area (Å²) < 4.78 is 13.7. The lowest BCUT2D eigenvalue weighted by Gasteiger charge is -2.05. The van der Waals surface area contributed by atoms with E-state index in [1.54, 1.807) is 25.3 Å². The van der Waals surface area contributed by atoms with Crippen molar-refractivity contribution in [2.24, 2.45) is 4.99 Å². The maximum Gasteiger partial charge on any atom is 0.272 e. The number of nitro groups is 1. The number of amides is 1. The molecular weight excluding hydrogens is 406 g/mol. The molecule has 0 N–H and O–H groups in total. The van der Waals surface area contributed by atoms with Crippen molar-refractivity contribution in [3.05, 3.63) is 69.0 Å². The number of hydrogen-bond donors (Lipinski definition) is 0. The number of aromatic nitrogens is 1. The zero-order valence-electron chi connectivity index (χ0n) is 16.6. The largest absolute Gasteiger partial charge is 0.497 e. The maximum absolute atomic E-state index is 12.4. The van der Waals surface area contributed by atoms with E-state index in [0.29, 0.717) is 30.1 Å². The average Bonchev–Trinajstić information content (AvgIpc) is 3.08. The van der Waals surface area contributed by atoms with Gasteiger partial charge in [-0.2, -0.15) is 4.99 Å². The van der Waals surface area contributed by atoms with Crippen molar-refractivity contribution in [3.8, 4) is 5.75 Å². The molecule has 0 aliphatic rings. The summed E-state index contributed by atoms with van der Waals surface area (Å²) >= 11 is 1.40. The third-order valence-corrected chi connectivity index (χ3v) is 5.32. The Morgan fingerprint density at radius 3 is 2.70 bits per heavy atom. The summed E-state index contributed by atoms with van der Waals surface area (Å²) in [5.74, 6) is 0.314. The number of nitrogens with zero attached hydrogens (tertiary/aromatic N) is 3. The molecule has 2 aromatic carbocycles. The van der Waals surface area contributed by atoms with Crippen LogP contribution in [0.25, 0.3) is 16.3 Å². The van der Waals surface area contributed by atoms with Crippen LogP contribution < -0.4 is 9.54 Å². The zero-order valence-corrected chi connectivity index (χ0v) is 17.4. The predicted octanol–water partition coefficient (Wildman–Crippen LogP) is 3.80. The summed E-state index contributed by atoms with van der Waals surface area (Å²) in [5.41, 5.74) is 1.63. The first-order valence-electron chi connectivity index (χ1n) is 9.28. The smallest absolute Gasteiger partial charge is 0.272 e. The number of hydrogen-bond acceptors (Lipinski definition) is 6. The van der Waals surface area contributed by atoms with Crippen molar-refractivity contribution in [2.45, 2.75) is 13.5 Å². The lowest BCUT2D eigenvalue weighted by molar-refractivity contribution is -0.384. The van der Waals surface area contributed by atoms with E-state index in [1.807, 2.05) is 29.7 Å². The number of carbonyl (C=O) groups is 1. The Kier molecular flexibility index (Phi) is 7.10. The molecule has 0 saturated heterocycles. The Morgan fingerprint density at radius 1 is 1.27 bits per heavy atom. The molecule has 0 fully saturated rings. The van der Waals surface area contributed by atoms with Crippen LogP contribution in [0.15, 0.2) is 53.5 Å². The summed E-state index contributed by atoms with van der Waals surface area (Å²) in [6.45, 7) is 3.62. The van der Waals surface area contributed by atoms with Gasteiger partial charge in [0.15, 0.2) is 4.80 Å². The number of nitro benzene ring substituents is 1. The van der Waals surface area contributed by atoms with Gasteiger partial charge in [-0.05, 0) is 48.9 Å². The van der Waals surface area contributed by atoms with Gasteiger partial charge in [-0.3, -0.25) is 14.9 Å². The van der Waals surface area contributed by atoms with E-state index in [0.717, 1.165) is 16.0 Å². The van der Waals surface area contributed by atoms with E-state index < -0.39 is 10.8 Å². The Hall–Kier alpha value is -3.30. The van der Waals surface area contributed by atoms with Gasteiger partial charge in [0, 0.05) is 31.4 Å². The fraction of sp³-hybridized carbons (Fsp3) is 0.238. The molecule has 0 aliphatic carbocycles. The Bertz CT molecular complexity index is 1150. The molecular formula is C21H21N3O5S. The molecule has 1 amide bonds. The minimum absolute atomic E-state index is 0.000734. The van der Waals surface area contributed by atoms with Crippen molar-refractivity contribution < 1.29 is 19.2 Å². The molecule has 0 aliphatic heterocycles. The number of methoxy groups -OCH3 is 1. The van der Waals surface area contributed by atoms with Crippen molar-refractivity contribution >= 4 is 39.2 Å². The number of carbonyl (C=O) groups excluding carboxylic acids is 1. The average molecular weight is 427 g/mol. The van der Waals surface area contributed by atoms with Gasteiger partial charge >= 0.3 is 0 Å². The van der Waals surface area contributed by atoms with E-state index in [9.17, 15) is 14.9 Å². The topological polar surface area (TPSA) is 96.0 Å². The Labute approximate surface area is 176 Å². The highest BCUT2D eigenvalue weighted by atomic mass is 32.1.